The molecule has 2 aliphatic rings. The highest BCUT2D eigenvalue weighted by Crippen LogP contribution is 2.48. The summed E-state index contributed by atoms with van der Waals surface area (Å²) in [4.78, 5) is 114. The fraction of sp³-hybridized carbons (Fsp3) is 0.500. The summed E-state index contributed by atoms with van der Waals surface area (Å²) < 4.78 is 0. The van der Waals surface area contributed by atoms with Gasteiger partial charge in [0.15, 0.2) is 23.1 Å². The third-order valence-corrected chi connectivity index (χ3v) is 21.6. The number of carbonyl (C=O) groups excluding carboxylic acids is 8. The normalized spacial score (nSPS) is 15.5. The summed E-state index contributed by atoms with van der Waals surface area (Å²) in [7, 11) is 0. The van der Waals surface area contributed by atoms with Crippen LogP contribution in [-0.4, -0.2) is 80.7 Å². The van der Waals surface area contributed by atoms with Gasteiger partial charge in [0.2, 0.25) is 23.6 Å². The van der Waals surface area contributed by atoms with Crippen LogP contribution in [0.4, 0.5) is 0 Å². The predicted molar refractivity (Wildman–Crippen MR) is 444 cm³/mol. The Labute approximate surface area is 656 Å². The molecule has 2 fully saturated rings. The Kier molecular flexibility index (Phi) is 35.9. The molecule has 6 aromatic carbocycles. The monoisotopic (exact) mass is 1510 g/mol. The zero-order valence-electron chi connectivity index (χ0n) is 64.7. The number of halogens is 1. The summed E-state index contributed by atoms with van der Waals surface area (Å²) in [5, 5.41) is 13.1. The Morgan fingerprint density at radius 1 is 0.374 bits per heavy atom. The standard InChI is InChI=1S/C46H60N2O4S.C45H57ClN2O4S.CH4/c1-31(2)25-40(47-44(51)37(22-21-34-13-9-7-10-14-34)29-39(53)28-36-19-17-33(5)18-20-36)42(49)30-38(27-35-15-11-8-12-16-35)45(52)48-41(26-32(3)4)43(50)46(6)23-24-46;1-30(2)24-39(47-43(51)35(19-16-32-12-8-6-9-13-32)28-38(53)27-34-17-20-37(46)21-18-34)41(49)29-36(26-33-14-10-7-11-15-33)44(52)48-40(25-31(3)4)42(50)45(5)22-23-45;/h7-20,31-32,37-38,40-41H,21-30H2,1-6H3,(H,47,51)(H,48,52);6-15,17-18,20-21,30-31,35-36,39-40H,16,19,22-29H2,1-5H3,(H,47,51)(H,48,52);1H4/t37-,38-,40+,41+;35-,36-,39+,40+;/m11./s1. The third-order valence-electron chi connectivity index (χ3n) is 20.8. The Bertz CT molecular complexity index is 3590. The van der Waals surface area contributed by atoms with Crippen molar-refractivity contribution in [3.05, 3.63) is 214 Å². The fourth-order valence-electron chi connectivity index (χ4n) is 13.9. The summed E-state index contributed by atoms with van der Waals surface area (Å²) in [6.07, 6.45) is 10.5. The lowest BCUT2D eigenvalue weighted by molar-refractivity contribution is -0.135. The van der Waals surface area contributed by atoms with Crippen molar-refractivity contribution in [2.24, 2.45) is 58.2 Å². The number of aryl methyl sites for hydroxylation is 3. The van der Waals surface area contributed by atoms with Gasteiger partial charge in [-0.15, -0.1) is 0 Å². The van der Waals surface area contributed by atoms with Crippen LogP contribution in [0.2, 0.25) is 5.02 Å². The van der Waals surface area contributed by atoms with E-state index in [0.29, 0.717) is 94.9 Å². The van der Waals surface area contributed by atoms with E-state index in [4.69, 9.17) is 36.0 Å². The highest BCUT2D eigenvalue weighted by atomic mass is 35.5. The predicted octanol–water partition coefficient (Wildman–Crippen LogP) is 18.6. The van der Waals surface area contributed by atoms with Crippen LogP contribution in [0.1, 0.15) is 205 Å². The highest BCUT2D eigenvalue weighted by Gasteiger charge is 2.49. The molecule has 0 aromatic heterocycles. The molecule has 2 saturated carbocycles. The van der Waals surface area contributed by atoms with Crippen molar-refractivity contribution < 1.29 is 38.4 Å². The summed E-state index contributed by atoms with van der Waals surface area (Å²) >= 11 is 17.8. The van der Waals surface area contributed by atoms with E-state index in [1.54, 1.807) is 0 Å². The minimum Gasteiger partial charge on any atom is -0.346 e. The van der Waals surface area contributed by atoms with Gasteiger partial charge < -0.3 is 21.3 Å². The van der Waals surface area contributed by atoms with E-state index >= 15 is 0 Å². The second kappa shape index (κ2) is 43.5. The molecule has 2 aliphatic carbocycles. The molecule has 0 radical (unpaired) electrons. The molecule has 576 valence electrons. The van der Waals surface area contributed by atoms with E-state index in [1.165, 1.54) is 5.56 Å². The van der Waals surface area contributed by atoms with E-state index in [0.717, 1.165) is 68.8 Å². The van der Waals surface area contributed by atoms with Crippen molar-refractivity contribution in [1.29, 1.82) is 0 Å². The van der Waals surface area contributed by atoms with Crippen molar-refractivity contribution in [2.75, 3.05) is 0 Å². The van der Waals surface area contributed by atoms with Gasteiger partial charge in [0.05, 0.1) is 24.2 Å². The molecule has 8 atom stereocenters. The molecular weight excluding hydrogens is 1390 g/mol. The first-order valence-corrected chi connectivity index (χ1v) is 40.0. The van der Waals surface area contributed by atoms with Gasteiger partial charge in [-0.05, 0) is 189 Å². The molecule has 0 heterocycles. The van der Waals surface area contributed by atoms with Crippen molar-refractivity contribution in [3.8, 4) is 0 Å². The van der Waals surface area contributed by atoms with Crippen LogP contribution < -0.4 is 21.3 Å². The van der Waals surface area contributed by atoms with Crippen molar-refractivity contribution >= 4 is 92.5 Å². The van der Waals surface area contributed by atoms with E-state index in [1.807, 2.05) is 203 Å². The quantitative estimate of drug-likeness (QED) is 0.0268. The number of nitrogens with one attached hydrogen (secondary N) is 4. The topological polar surface area (TPSA) is 185 Å². The largest absolute Gasteiger partial charge is 0.346 e. The van der Waals surface area contributed by atoms with Gasteiger partial charge in [-0.3, -0.25) is 38.4 Å². The lowest BCUT2D eigenvalue weighted by Gasteiger charge is -2.27. The third kappa shape index (κ3) is 30.7. The Morgan fingerprint density at radius 2 is 0.654 bits per heavy atom. The van der Waals surface area contributed by atoms with Gasteiger partial charge in [0.1, 0.15) is 0 Å². The van der Waals surface area contributed by atoms with Crippen LogP contribution in [0.15, 0.2) is 170 Å². The van der Waals surface area contributed by atoms with Crippen LogP contribution in [0.25, 0.3) is 0 Å². The first kappa shape index (κ1) is 88.3. The van der Waals surface area contributed by atoms with Crippen LogP contribution in [0.5, 0.6) is 0 Å². The number of Topliss-reactive ketones (excluding diaryl/α,β-unsaturated/α-hetero) is 4. The maximum absolute atomic E-state index is 14.3. The first-order valence-electron chi connectivity index (χ1n) is 38.8. The summed E-state index contributed by atoms with van der Waals surface area (Å²) in [6, 6.07) is 52.6. The molecule has 0 spiro atoms. The van der Waals surface area contributed by atoms with Crippen LogP contribution in [0, 0.1) is 65.1 Å². The SMILES string of the molecule is C.CC(C)C[C@H](NC(=O)[C@H](CCc1ccccc1)CC(=S)Cc1ccc(Cl)cc1)C(=O)C[C@@H](Cc1ccccc1)C(=O)N[C@@H](CC(C)C)C(=O)C1(C)CC1.Cc1ccc(CC(=S)C[C@@H](CCc2ccccc2)C(=O)N[C@@H](CC(C)C)C(=O)C[C@@H](Cc2ccccc2)C(=O)N[C@@H](CC(C)C)C(=O)C2(C)CC2)cc1. The van der Waals surface area contributed by atoms with E-state index in [2.05, 4.69) is 64.6 Å². The average Bonchev–Trinajstić information content (AvgIpc) is 1.31. The number of amides is 4. The number of rotatable bonds is 44. The molecule has 0 bridgehead atoms. The van der Waals surface area contributed by atoms with E-state index in [9.17, 15) is 38.4 Å². The first-order chi connectivity index (χ1) is 50.4. The zero-order chi connectivity index (χ0) is 77.1. The Balaban J connectivity index is 0.000000332. The molecule has 4 amide bonds. The smallest absolute Gasteiger partial charge is 0.224 e. The van der Waals surface area contributed by atoms with Gasteiger partial charge >= 0.3 is 0 Å². The molecule has 107 heavy (non-hydrogen) atoms. The second-order valence-electron chi connectivity index (χ2n) is 32.6. The van der Waals surface area contributed by atoms with Gasteiger partial charge in [-0.25, -0.2) is 0 Å². The van der Waals surface area contributed by atoms with Crippen molar-refractivity contribution in [3.63, 3.8) is 0 Å². The molecule has 0 unspecified atom stereocenters. The molecule has 12 nitrogen and oxygen atoms in total. The number of hydrogen-bond acceptors (Lipinski definition) is 10. The number of hydrogen-bond donors (Lipinski definition) is 4. The van der Waals surface area contributed by atoms with Gasteiger partial charge in [-0.1, -0.05) is 276 Å². The van der Waals surface area contributed by atoms with Gasteiger partial charge in [-0.2, -0.15) is 0 Å². The van der Waals surface area contributed by atoms with Crippen LogP contribution in [0.3, 0.4) is 0 Å². The summed E-state index contributed by atoms with van der Waals surface area (Å²) in [6.45, 7) is 22.3. The van der Waals surface area contributed by atoms with E-state index < -0.39 is 53.3 Å². The van der Waals surface area contributed by atoms with Gasteiger partial charge in [0, 0.05) is 65.2 Å². The number of thiocarbonyl (C=S) groups is 2. The number of ketones is 4. The molecule has 0 saturated heterocycles. The minimum absolute atomic E-state index is 0. The fourth-order valence-corrected chi connectivity index (χ4v) is 14.8. The summed E-state index contributed by atoms with van der Waals surface area (Å²) in [5.74, 6) is -2.76. The van der Waals surface area contributed by atoms with Crippen molar-refractivity contribution in [1.82, 2.24) is 21.3 Å². The molecule has 8 rings (SSSR count). The minimum atomic E-state index is -0.767. The Hall–Kier alpha value is -7.65. The summed E-state index contributed by atoms with van der Waals surface area (Å²) in [5.41, 5.74) is 6.69. The van der Waals surface area contributed by atoms with E-state index in [-0.39, 0.29) is 96.1 Å². The molecule has 6 aromatic rings. The molecule has 0 aliphatic heterocycles. The molecule has 15 heteroatoms. The number of carbonyl (C=O) groups is 8. The lowest BCUT2D eigenvalue weighted by Crippen LogP contribution is -2.49. The highest BCUT2D eigenvalue weighted by molar-refractivity contribution is 7.80. The number of benzene rings is 6. The molecular formula is C92H121ClN4O8S2. The van der Waals surface area contributed by atoms with Crippen LogP contribution in [-0.2, 0) is 76.9 Å². The van der Waals surface area contributed by atoms with Crippen molar-refractivity contribution in [2.45, 2.75) is 236 Å². The van der Waals surface area contributed by atoms with Crippen LogP contribution >= 0.6 is 36.0 Å². The Morgan fingerprint density at radius 3 is 0.963 bits per heavy atom. The second-order valence-corrected chi connectivity index (χ2v) is 34.2. The maximum Gasteiger partial charge on any atom is 0.224 e. The maximum atomic E-state index is 14.3. The zero-order valence-corrected chi connectivity index (χ0v) is 67.1. The van der Waals surface area contributed by atoms with Gasteiger partial charge in [0.25, 0.3) is 0 Å². The lowest BCUT2D eigenvalue weighted by atomic mass is 9.87. The molecule has 4 N–H and O–H groups in total. The average molecular weight is 1510 g/mol.